The number of ether oxygens (including phenoxy) is 1. The maximum absolute atomic E-state index is 12.9. The van der Waals surface area contributed by atoms with Gasteiger partial charge in [-0.3, -0.25) is 4.98 Å². The van der Waals surface area contributed by atoms with Crippen molar-refractivity contribution in [3.05, 3.63) is 53.9 Å². The molecule has 27 heavy (non-hydrogen) atoms. The van der Waals surface area contributed by atoms with Crippen LogP contribution in [0.4, 0.5) is 13.2 Å². The van der Waals surface area contributed by atoms with Gasteiger partial charge in [-0.25, -0.2) is 8.42 Å². The molecular weight excluding hydrogens is 381 g/mol. The smallest absolute Gasteiger partial charge is 0.416 e. The first kappa shape index (κ1) is 19.6. The van der Waals surface area contributed by atoms with E-state index in [0.717, 1.165) is 17.8 Å². The van der Waals surface area contributed by atoms with Gasteiger partial charge in [0.05, 0.1) is 16.7 Å². The fourth-order valence-electron chi connectivity index (χ4n) is 2.89. The predicted molar refractivity (Wildman–Crippen MR) is 92.8 cm³/mol. The molecule has 1 saturated heterocycles. The Labute approximate surface area is 155 Å². The maximum atomic E-state index is 12.9. The summed E-state index contributed by atoms with van der Waals surface area (Å²) in [5, 5.41) is 0. The zero-order valence-corrected chi connectivity index (χ0v) is 15.4. The topological polar surface area (TPSA) is 59.5 Å². The summed E-state index contributed by atoms with van der Waals surface area (Å²) < 4.78 is 70.9. The van der Waals surface area contributed by atoms with Gasteiger partial charge in [0.2, 0.25) is 10.0 Å². The number of hydrogen-bond donors (Lipinski definition) is 0. The number of rotatable bonds is 4. The Morgan fingerprint density at radius 3 is 2.44 bits per heavy atom. The van der Waals surface area contributed by atoms with Crippen LogP contribution in [0, 0.1) is 6.92 Å². The van der Waals surface area contributed by atoms with Crippen molar-refractivity contribution >= 4 is 10.0 Å². The highest BCUT2D eigenvalue weighted by atomic mass is 32.2. The minimum atomic E-state index is -4.59. The summed E-state index contributed by atoms with van der Waals surface area (Å²) in [6, 6.07) is 7.45. The van der Waals surface area contributed by atoms with Gasteiger partial charge in [0.25, 0.3) is 0 Å². The molecule has 5 nitrogen and oxygen atoms in total. The molecule has 2 heterocycles. The van der Waals surface area contributed by atoms with E-state index in [1.807, 2.05) is 13.0 Å². The molecule has 0 aliphatic carbocycles. The van der Waals surface area contributed by atoms with Crippen molar-refractivity contribution in [3.8, 4) is 5.75 Å². The van der Waals surface area contributed by atoms with Crippen molar-refractivity contribution in [1.82, 2.24) is 9.29 Å². The first-order chi connectivity index (χ1) is 12.7. The summed E-state index contributed by atoms with van der Waals surface area (Å²) in [5.41, 5.74) is -0.113. The van der Waals surface area contributed by atoms with Gasteiger partial charge >= 0.3 is 6.18 Å². The Morgan fingerprint density at radius 1 is 1.15 bits per heavy atom. The number of sulfonamides is 1. The van der Waals surface area contributed by atoms with E-state index >= 15 is 0 Å². The molecule has 0 atom stereocenters. The molecule has 3 rings (SSSR count). The molecular formula is C18H19F3N2O3S. The van der Waals surface area contributed by atoms with Crippen LogP contribution in [0.2, 0.25) is 0 Å². The van der Waals surface area contributed by atoms with Crippen molar-refractivity contribution in [3.63, 3.8) is 0 Å². The summed E-state index contributed by atoms with van der Waals surface area (Å²) in [4.78, 5) is 3.80. The summed E-state index contributed by atoms with van der Waals surface area (Å²) in [6.07, 6.45) is -2.24. The lowest BCUT2D eigenvalue weighted by molar-refractivity contribution is -0.137. The second-order valence-corrected chi connectivity index (χ2v) is 8.32. The Hall–Kier alpha value is -2.13. The standard InChI is InChI=1S/C18H19F3N2O3S/c1-13-5-6-16(12-22-13)26-15-7-9-23(10-8-15)27(24,25)17-4-2-3-14(11-17)18(19,20)21/h2-6,11-12,15H,7-10H2,1H3. The molecule has 1 aromatic heterocycles. The van der Waals surface area contributed by atoms with Crippen LogP contribution in [0.25, 0.3) is 0 Å². The van der Waals surface area contributed by atoms with E-state index in [2.05, 4.69) is 4.98 Å². The highest BCUT2D eigenvalue weighted by Crippen LogP contribution is 2.31. The van der Waals surface area contributed by atoms with Gasteiger partial charge in [-0.05, 0) is 50.1 Å². The number of aromatic nitrogens is 1. The summed E-state index contributed by atoms with van der Waals surface area (Å²) in [7, 11) is -3.98. The maximum Gasteiger partial charge on any atom is 0.416 e. The van der Waals surface area contributed by atoms with Crippen molar-refractivity contribution < 1.29 is 26.3 Å². The highest BCUT2D eigenvalue weighted by molar-refractivity contribution is 7.89. The van der Waals surface area contributed by atoms with Crippen LogP contribution >= 0.6 is 0 Å². The normalized spacial score (nSPS) is 17.0. The predicted octanol–water partition coefficient (Wildman–Crippen LogP) is 3.64. The zero-order valence-electron chi connectivity index (χ0n) is 14.6. The van der Waals surface area contributed by atoms with Crippen LogP contribution in [0.15, 0.2) is 47.5 Å². The number of benzene rings is 1. The fourth-order valence-corrected chi connectivity index (χ4v) is 4.40. The van der Waals surface area contributed by atoms with E-state index < -0.39 is 21.8 Å². The molecule has 9 heteroatoms. The lowest BCUT2D eigenvalue weighted by Gasteiger charge is -2.31. The van der Waals surface area contributed by atoms with Gasteiger partial charge in [-0.1, -0.05) is 6.07 Å². The lowest BCUT2D eigenvalue weighted by Crippen LogP contribution is -2.41. The molecule has 1 fully saturated rings. The molecule has 0 amide bonds. The average Bonchev–Trinajstić information content (AvgIpc) is 2.63. The summed E-state index contributed by atoms with van der Waals surface area (Å²) in [5.74, 6) is 0.611. The number of alkyl halides is 3. The van der Waals surface area contributed by atoms with Crippen molar-refractivity contribution in [2.45, 2.75) is 36.9 Å². The van der Waals surface area contributed by atoms with Crippen molar-refractivity contribution in [2.24, 2.45) is 0 Å². The minimum Gasteiger partial charge on any atom is -0.489 e. The third-order valence-corrected chi connectivity index (χ3v) is 6.28. The Morgan fingerprint density at radius 2 is 1.85 bits per heavy atom. The largest absolute Gasteiger partial charge is 0.489 e. The molecule has 2 aromatic rings. The van der Waals surface area contributed by atoms with E-state index in [0.29, 0.717) is 24.7 Å². The minimum absolute atomic E-state index is 0.164. The fraction of sp³-hybridized carbons (Fsp3) is 0.389. The van der Waals surface area contributed by atoms with Crippen molar-refractivity contribution in [2.75, 3.05) is 13.1 Å². The third kappa shape index (κ3) is 4.59. The first-order valence-electron chi connectivity index (χ1n) is 8.43. The van der Waals surface area contributed by atoms with Crippen LogP contribution in [-0.4, -0.2) is 36.9 Å². The van der Waals surface area contributed by atoms with Gasteiger partial charge in [-0.2, -0.15) is 17.5 Å². The number of pyridine rings is 1. The zero-order chi connectivity index (χ0) is 19.7. The van der Waals surface area contributed by atoms with Crippen LogP contribution in [-0.2, 0) is 16.2 Å². The average molecular weight is 400 g/mol. The molecule has 0 unspecified atom stereocenters. The monoisotopic (exact) mass is 400 g/mol. The van der Waals surface area contributed by atoms with Crippen LogP contribution < -0.4 is 4.74 Å². The molecule has 1 aliphatic heterocycles. The second kappa shape index (κ2) is 7.47. The van der Waals surface area contributed by atoms with Crippen LogP contribution in [0.5, 0.6) is 5.75 Å². The lowest BCUT2D eigenvalue weighted by atomic mass is 10.1. The van der Waals surface area contributed by atoms with Crippen LogP contribution in [0.1, 0.15) is 24.1 Å². The Kier molecular flexibility index (Phi) is 5.43. The molecule has 0 bridgehead atoms. The van der Waals surface area contributed by atoms with Gasteiger partial charge in [0.1, 0.15) is 11.9 Å². The van der Waals surface area contributed by atoms with E-state index in [1.54, 1.807) is 12.3 Å². The van der Waals surface area contributed by atoms with Gasteiger partial charge < -0.3 is 4.74 Å². The molecule has 1 aromatic carbocycles. The van der Waals surface area contributed by atoms with E-state index in [9.17, 15) is 21.6 Å². The van der Waals surface area contributed by atoms with Gasteiger partial charge in [0.15, 0.2) is 0 Å². The molecule has 0 spiro atoms. The number of aryl methyl sites for hydroxylation is 1. The summed E-state index contributed by atoms with van der Waals surface area (Å²) in [6.45, 7) is 2.23. The van der Waals surface area contributed by atoms with Crippen molar-refractivity contribution in [1.29, 1.82) is 0 Å². The van der Waals surface area contributed by atoms with Crippen LogP contribution in [0.3, 0.4) is 0 Å². The van der Waals surface area contributed by atoms with Gasteiger partial charge in [-0.15, -0.1) is 0 Å². The second-order valence-electron chi connectivity index (χ2n) is 6.38. The van der Waals surface area contributed by atoms with E-state index in [4.69, 9.17) is 4.74 Å². The van der Waals surface area contributed by atoms with E-state index in [1.165, 1.54) is 10.4 Å². The van der Waals surface area contributed by atoms with Gasteiger partial charge in [0, 0.05) is 18.8 Å². The number of piperidine rings is 1. The Balaban J connectivity index is 1.67. The highest BCUT2D eigenvalue weighted by Gasteiger charge is 2.34. The molecule has 1 aliphatic rings. The Bertz CT molecular complexity index is 891. The third-order valence-electron chi connectivity index (χ3n) is 4.39. The molecule has 146 valence electrons. The number of halogens is 3. The first-order valence-corrected chi connectivity index (χ1v) is 9.87. The number of nitrogens with zero attached hydrogens (tertiary/aromatic N) is 2. The quantitative estimate of drug-likeness (QED) is 0.786. The van der Waals surface area contributed by atoms with E-state index in [-0.39, 0.29) is 24.1 Å². The molecule has 0 radical (unpaired) electrons. The number of hydrogen-bond acceptors (Lipinski definition) is 4. The SMILES string of the molecule is Cc1ccc(OC2CCN(S(=O)(=O)c3cccc(C(F)(F)F)c3)CC2)cn1. The summed E-state index contributed by atoms with van der Waals surface area (Å²) >= 11 is 0. The molecule has 0 saturated carbocycles. The molecule has 0 N–H and O–H groups in total.